The largest absolute Gasteiger partial charge is 0.354 e. The van der Waals surface area contributed by atoms with Gasteiger partial charge in [0.15, 0.2) is 0 Å². The number of nitrogens with zero attached hydrogens (tertiary/aromatic N) is 2. The van der Waals surface area contributed by atoms with E-state index in [4.69, 9.17) is 0 Å². The number of likely N-dealkylation sites (N-methyl/N-ethyl adjacent to an activating group) is 1. The van der Waals surface area contributed by atoms with Gasteiger partial charge in [0.1, 0.15) is 0 Å². The fraction of sp³-hybridized carbons (Fsp3) is 0.714. The van der Waals surface area contributed by atoms with Crippen LogP contribution in [-0.4, -0.2) is 35.6 Å². The van der Waals surface area contributed by atoms with Crippen LogP contribution in [0.3, 0.4) is 0 Å². The van der Waals surface area contributed by atoms with Crippen molar-refractivity contribution in [1.29, 1.82) is 0 Å². The number of aromatic nitrogens is 1. The van der Waals surface area contributed by atoms with E-state index in [0.29, 0.717) is 6.04 Å². The summed E-state index contributed by atoms with van der Waals surface area (Å²) in [6.45, 7) is 10.9. The van der Waals surface area contributed by atoms with Gasteiger partial charge < -0.3 is 14.8 Å². The van der Waals surface area contributed by atoms with Crippen LogP contribution in [0.15, 0.2) is 18.5 Å². The van der Waals surface area contributed by atoms with Gasteiger partial charge in [-0.1, -0.05) is 6.92 Å². The summed E-state index contributed by atoms with van der Waals surface area (Å²) in [5, 5.41) is 3.49. The molecule has 1 atom stereocenters. The summed E-state index contributed by atoms with van der Waals surface area (Å²) in [4.78, 5) is 2.41. The van der Waals surface area contributed by atoms with E-state index in [-0.39, 0.29) is 0 Å². The summed E-state index contributed by atoms with van der Waals surface area (Å²) in [5.41, 5.74) is 1.37. The molecule has 98 valence electrons. The maximum atomic E-state index is 3.49. The van der Waals surface area contributed by atoms with Gasteiger partial charge >= 0.3 is 0 Å². The Morgan fingerprint density at radius 3 is 2.76 bits per heavy atom. The average molecular weight is 237 g/mol. The molecule has 3 nitrogen and oxygen atoms in total. The molecule has 1 aromatic heterocycles. The molecule has 0 aliphatic heterocycles. The third kappa shape index (κ3) is 4.92. The van der Waals surface area contributed by atoms with E-state index >= 15 is 0 Å². The number of aryl methyl sites for hydroxylation is 1. The molecule has 0 saturated carbocycles. The Kier molecular flexibility index (Phi) is 6.30. The molecule has 0 saturated heterocycles. The molecule has 1 rings (SSSR count). The van der Waals surface area contributed by atoms with Gasteiger partial charge in [-0.15, -0.1) is 0 Å². The lowest BCUT2D eigenvalue weighted by atomic mass is 10.2. The molecule has 1 N–H and O–H groups in total. The van der Waals surface area contributed by atoms with E-state index < -0.39 is 0 Å². The van der Waals surface area contributed by atoms with Gasteiger partial charge in [-0.3, -0.25) is 0 Å². The molecule has 0 spiro atoms. The van der Waals surface area contributed by atoms with Gasteiger partial charge in [0, 0.05) is 44.6 Å². The Bertz CT molecular complexity index is 306. The zero-order valence-electron chi connectivity index (χ0n) is 11.7. The minimum absolute atomic E-state index is 0.679. The van der Waals surface area contributed by atoms with E-state index in [1.54, 1.807) is 0 Å². The SMILES string of the molecule is CCC(C)N(C)CCNCc1ccn(CC)c1. The lowest BCUT2D eigenvalue weighted by Gasteiger charge is -2.23. The van der Waals surface area contributed by atoms with Gasteiger partial charge in [-0.05, 0) is 38.9 Å². The summed E-state index contributed by atoms with van der Waals surface area (Å²) in [7, 11) is 2.20. The van der Waals surface area contributed by atoms with Crippen LogP contribution < -0.4 is 5.32 Å². The van der Waals surface area contributed by atoms with E-state index in [2.05, 4.69) is 61.1 Å². The molecule has 0 fully saturated rings. The second kappa shape index (κ2) is 7.51. The second-order valence-electron chi connectivity index (χ2n) is 4.76. The molecule has 0 amide bonds. The van der Waals surface area contributed by atoms with Gasteiger partial charge in [0.05, 0.1) is 0 Å². The molecule has 17 heavy (non-hydrogen) atoms. The Morgan fingerprint density at radius 1 is 1.41 bits per heavy atom. The van der Waals surface area contributed by atoms with Crippen molar-refractivity contribution >= 4 is 0 Å². The molecular formula is C14H27N3. The minimum Gasteiger partial charge on any atom is -0.354 e. The number of nitrogens with one attached hydrogen (secondary N) is 1. The Labute approximate surface area is 106 Å². The highest BCUT2D eigenvalue weighted by Crippen LogP contribution is 2.01. The maximum Gasteiger partial charge on any atom is 0.0221 e. The van der Waals surface area contributed by atoms with Crippen molar-refractivity contribution in [3.63, 3.8) is 0 Å². The van der Waals surface area contributed by atoms with E-state index in [1.807, 2.05) is 0 Å². The average Bonchev–Trinajstić information content (AvgIpc) is 2.81. The standard InChI is InChI=1S/C14H27N3/c1-5-13(3)16(4)10-8-15-11-14-7-9-17(6-2)12-14/h7,9,12-13,15H,5-6,8,10-11H2,1-4H3. The molecular weight excluding hydrogens is 210 g/mol. The summed E-state index contributed by atoms with van der Waals surface area (Å²) in [5.74, 6) is 0. The Hall–Kier alpha value is -0.800. The fourth-order valence-corrected chi connectivity index (χ4v) is 1.81. The zero-order valence-corrected chi connectivity index (χ0v) is 11.7. The summed E-state index contributed by atoms with van der Waals surface area (Å²) in [6.07, 6.45) is 5.57. The number of hydrogen-bond acceptors (Lipinski definition) is 2. The lowest BCUT2D eigenvalue weighted by molar-refractivity contribution is 0.251. The van der Waals surface area contributed by atoms with E-state index in [1.165, 1.54) is 12.0 Å². The summed E-state index contributed by atoms with van der Waals surface area (Å²) >= 11 is 0. The zero-order chi connectivity index (χ0) is 12.7. The number of hydrogen-bond donors (Lipinski definition) is 1. The van der Waals surface area contributed by atoms with E-state index in [0.717, 1.165) is 26.2 Å². The summed E-state index contributed by atoms with van der Waals surface area (Å²) < 4.78 is 2.21. The quantitative estimate of drug-likeness (QED) is 0.700. The van der Waals surface area contributed by atoms with Gasteiger partial charge in [0.25, 0.3) is 0 Å². The predicted octanol–water partition coefficient (Wildman–Crippen LogP) is 2.33. The van der Waals surface area contributed by atoms with Crippen molar-refractivity contribution in [1.82, 2.24) is 14.8 Å². The van der Waals surface area contributed by atoms with E-state index in [9.17, 15) is 0 Å². The topological polar surface area (TPSA) is 20.2 Å². The predicted molar refractivity (Wildman–Crippen MR) is 74.2 cm³/mol. The smallest absolute Gasteiger partial charge is 0.0221 e. The first-order valence-electron chi connectivity index (χ1n) is 6.73. The van der Waals surface area contributed by atoms with Crippen LogP contribution in [0, 0.1) is 0 Å². The Balaban J connectivity index is 2.15. The normalized spacial score (nSPS) is 13.2. The summed E-state index contributed by atoms with van der Waals surface area (Å²) in [6, 6.07) is 2.87. The van der Waals surface area contributed by atoms with Crippen molar-refractivity contribution in [2.24, 2.45) is 0 Å². The highest BCUT2D eigenvalue weighted by Gasteiger charge is 2.05. The maximum absolute atomic E-state index is 3.49. The molecule has 0 bridgehead atoms. The van der Waals surface area contributed by atoms with Crippen LogP contribution in [0.1, 0.15) is 32.8 Å². The molecule has 3 heteroatoms. The van der Waals surface area contributed by atoms with Gasteiger partial charge in [0.2, 0.25) is 0 Å². The third-order valence-electron chi connectivity index (χ3n) is 3.49. The van der Waals surface area contributed by atoms with Crippen LogP contribution in [0.2, 0.25) is 0 Å². The first-order valence-corrected chi connectivity index (χ1v) is 6.73. The molecule has 0 aliphatic rings. The fourth-order valence-electron chi connectivity index (χ4n) is 1.81. The number of rotatable bonds is 8. The molecule has 0 aromatic carbocycles. The molecule has 0 aliphatic carbocycles. The molecule has 1 heterocycles. The Morgan fingerprint density at radius 2 is 2.18 bits per heavy atom. The second-order valence-corrected chi connectivity index (χ2v) is 4.76. The first-order chi connectivity index (χ1) is 8.17. The van der Waals surface area contributed by atoms with Crippen LogP contribution >= 0.6 is 0 Å². The first kappa shape index (κ1) is 14.3. The monoisotopic (exact) mass is 237 g/mol. The van der Waals surface area contributed by atoms with Crippen molar-refractivity contribution in [3.05, 3.63) is 24.0 Å². The van der Waals surface area contributed by atoms with Crippen molar-refractivity contribution < 1.29 is 0 Å². The van der Waals surface area contributed by atoms with Gasteiger partial charge in [-0.2, -0.15) is 0 Å². The molecule has 1 aromatic rings. The highest BCUT2D eigenvalue weighted by atomic mass is 15.1. The highest BCUT2D eigenvalue weighted by molar-refractivity contribution is 5.09. The van der Waals surface area contributed by atoms with Crippen molar-refractivity contribution in [3.8, 4) is 0 Å². The third-order valence-corrected chi connectivity index (χ3v) is 3.49. The molecule has 0 radical (unpaired) electrons. The van der Waals surface area contributed by atoms with Crippen LogP contribution in [-0.2, 0) is 13.1 Å². The minimum atomic E-state index is 0.679. The van der Waals surface area contributed by atoms with Crippen LogP contribution in [0.5, 0.6) is 0 Å². The van der Waals surface area contributed by atoms with Gasteiger partial charge in [-0.25, -0.2) is 0 Å². The van der Waals surface area contributed by atoms with Crippen molar-refractivity contribution in [2.45, 2.75) is 46.3 Å². The van der Waals surface area contributed by atoms with Crippen molar-refractivity contribution in [2.75, 3.05) is 20.1 Å². The van der Waals surface area contributed by atoms with Crippen LogP contribution in [0.25, 0.3) is 0 Å². The molecule has 1 unspecified atom stereocenters. The van der Waals surface area contributed by atoms with Crippen LogP contribution in [0.4, 0.5) is 0 Å². The lowest BCUT2D eigenvalue weighted by Crippen LogP contribution is -2.34.